The summed E-state index contributed by atoms with van der Waals surface area (Å²) in [4.78, 5) is 11.1. The zero-order valence-electron chi connectivity index (χ0n) is 10.3. The maximum Gasteiger partial charge on any atom is 0.323 e. The molecule has 0 aromatic carbocycles. The monoisotopic (exact) mass is 233 g/mol. The number of aliphatic carboxylic acids is 1. The molecule has 0 aliphatic carbocycles. The second-order valence-electron chi connectivity index (χ2n) is 4.63. The lowest BCUT2D eigenvalue weighted by Gasteiger charge is -2.27. The van der Waals surface area contributed by atoms with Gasteiger partial charge in [0.05, 0.1) is 0 Å². The third kappa shape index (κ3) is 5.42. The van der Waals surface area contributed by atoms with Gasteiger partial charge in [0.15, 0.2) is 0 Å². The number of rotatable bonds is 7. The number of carboxylic acid groups (broad SMARTS) is 1. The van der Waals surface area contributed by atoms with E-state index in [0.29, 0.717) is 17.6 Å². The average Bonchev–Trinajstić information content (AvgIpc) is 2.14. The number of hydrogen-bond donors (Lipinski definition) is 2. The standard InChI is InChI=1S/C11H23NO2S/c1-8(2)7-15-9(3)6-11(4,12-5)10(13)14/h8-9,12H,6-7H2,1-5H3,(H,13,14). The van der Waals surface area contributed by atoms with Crippen LogP contribution in [0.25, 0.3) is 0 Å². The van der Waals surface area contributed by atoms with Crippen molar-refractivity contribution in [1.29, 1.82) is 0 Å². The molecule has 0 radical (unpaired) electrons. The molecule has 2 N–H and O–H groups in total. The van der Waals surface area contributed by atoms with Crippen molar-refractivity contribution < 1.29 is 9.90 Å². The summed E-state index contributed by atoms with van der Waals surface area (Å²) in [5.41, 5.74) is -0.802. The van der Waals surface area contributed by atoms with Crippen LogP contribution in [0.5, 0.6) is 0 Å². The maximum absolute atomic E-state index is 11.1. The molecule has 0 aliphatic heterocycles. The first-order valence-electron chi connectivity index (χ1n) is 5.35. The Morgan fingerprint density at radius 3 is 2.33 bits per heavy atom. The van der Waals surface area contributed by atoms with Gasteiger partial charge in [-0.2, -0.15) is 11.8 Å². The van der Waals surface area contributed by atoms with E-state index in [1.165, 1.54) is 0 Å². The maximum atomic E-state index is 11.1. The average molecular weight is 233 g/mol. The Bertz CT molecular complexity index is 209. The van der Waals surface area contributed by atoms with E-state index in [9.17, 15) is 4.79 Å². The van der Waals surface area contributed by atoms with Crippen LogP contribution < -0.4 is 5.32 Å². The first-order chi connectivity index (χ1) is 6.81. The predicted molar refractivity (Wildman–Crippen MR) is 66.5 cm³/mol. The van der Waals surface area contributed by atoms with Crippen molar-refractivity contribution in [2.24, 2.45) is 5.92 Å². The Morgan fingerprint density at radius 2 is 2.00 bits per heavy atom. The van der Waals surface area contributed by atoms with Gasteiger partial charge in [0.1, 0.15) is 5.54 Å². The Kier molecular flexibility index (Phi) is 6.29. The molecule has 2 atom stereocenters. The van der Waals surface area contributed by atoms with E-state index in [1.807, 2.05) is 11.8 Å². The fourth-order valence-corrected chi connectivity index (χ4v) is 2.45. The van der Waals surface area contributed by atoms with Crippen LogP contribution in [0, 0.1) is 5.92 Å². The minimum Gasteiger partial charge on any atom is -0.480 e. The highest BCUT2D eigenvalue weighted by atomic mass is 32.2. The number of nitrogens with one attached hydrogen (secondary N) is 1. The molecule has 3 nitrogen and oxygen atoms in total. The van der Waals surface area contributed by atoms with Crippen molar-refractivity contribution in [3.63, 3.8) is 0 Å². The molecular weight excluding hydrogens is 210 g/mol. The van der Waals surface area contributed by atoms with Crippen LogP contribution in [-0.2, 0) is 4.79 Å². The van der Waals surface area contributed by atoms with Gasteiger partial charge < -0.3 is 10.4 Å². The van der Waals surface area contributed by atoms with Crippen LogP contribution in [0.1, 0.15) is 34.1 Å². The SMILES string of the molecule is CNC(C)(CC(C)SCC(C)C)C(=O)O. The number of hydrogen-bond acceptors (Lipinski definition) is 3. The van der Waals surface area contributed by atoms with Crippen LogP contribution in [0.2, 0.25) is 0 Å². The molecule has 0 bridgehead atoms. The summed E-state index contributed by atoms with van der Waals surface area (Å²) in [5, 5.41) is 12.3. The zero-order valence-corrected chi connectivity index (χ0v) is 11.1. The normalized spacial score (nSPS) is 17.5. The summed E-state index contributed by atoms with van der Waals surface area (Å²) in [6.45, 7) is 8.18. The van der Waals surface area contributed by atoms with Crippen LogP contribution in [-0.4, -0.2) is 34.7 Å². The first kappa shape index (κ1) is 14.8. The minimum atomic E-state index is -0.802. The van der Waals surface area contributed by atoms with E-state index in [1.54, 1.807) is 14.0 Å². The lowest BCUT2D eigenvalue weighted by Crippen LogP contribution is -2.49. The fourth-order valence-electron chi connectivity index (χ4n) is 1.29. The third-order valence-corrected chi connectivity index (χ3v) is 4.03. The summed E-state index contributed by atoms with van der Waals surface area (Å²) in [6, 6.07) is 0. The number of carboxylic acids is 1. The molecule has 90 valence electrons. The molecule has 0 aromatic heterocycles. The molecule has 0 fully saturated rings. The van der Waals surface area contributed by atoms with Crippen LogP contribution in [0.3, 0.4) is 0 Å². The van der Waals surface area contributed by atoms with Gasteiger partial charge in [-0.05, 0) is 32.1 Å². The van der Waals surface area contributed by atoms with E-state index >= 15 is 0 Å². The summed E-state index contributed by atoms with van der Waals surface area (Å²) >= 11 is 1.84. The van der Waals surface area contributed by atoms with E-state index in [2.05, 4.69) is 26.1 Å². The first-order valence-corrected chi connectivity index (χ1v) is 6.40. The van der Waals surface area contributed by atoms with Crippen molar-refractivity contribution in [2.75, 3.05) is 12.8 Å². The lowest BCUT2D eigenvalue weighted by molar-refractivity contribution is -0.144. The van der Waals surface area contributed by atoms with Gasteiger partial charge in [-0.15, -0.1) is 0 Å². The number of carbonyl (C=O) groups is 1. The Hall–Kier alpha value is -0.220. The fraction of sp³-hybridized carbons (Fsp3) is 0.909. The third-order valence-electron chi connectivity index (χ3n) is 2.43. The molecule has 0 saturated carbocycles. The summed E-state index contributed by atoms with van der Waals surface area (Å²) < 4.78 is 0. The van der Waals surface area contributed by atoms with E-state index in [-0.39, 0.29) is 0 Å². The van der Waals surface area contributed by atoms with Crippen LogP contribution in [0.15, 0.2) is 0 Å². The molecule has 4 heteroatoms. The highest BCUT2D eigenvalue weighted by molar-refractivity contribution is 7.99. The van der Waals surface area contributed by atoms with Crippen LogP contribution in [0.4, 0.5) is 0 Å². The Balaban J connectivity index is 4.13. The molecule has 0 rings (SSSR count). The summed E-state index contributed by atoms with van der Waals surface area (Å²) in [7, 11) is 1.70. The molecule has 0 amide bonds. The van der Waals surface area contributed by atoms with Crippen molar-refractivity contribution in [2.45, 2.75) is 44.9 Å². The molecule has 15 heavy (non-hydrogen) atoms. The van der Waals surface area contributed by atoms with Crippen molar-refractivity contribution in [1.82, 2.24) is 5.32 Å². The van der Waals surface area contributed by atoms with E-state index < -0.39 is 11.5 Å². The topological polar surface area (TPSA) is 49.3 Å². The summed E-state index contributed by atoms with van der Waals surface area (Å²) in [5.74, 6) is 0.964. The minimum absolute atomic E-state index is 0.362. The largest absolute Gasteiger partial charge is 0.480 e. The molecule has 0 saturated heterocycles. The second-order valence-corrected chi connectivity index (χ2v) is 6.10. The molecule has 0 aromatic rings. The Labute approximate surface area is 97.0 Å². The van der Waals surface area contributed by atoms with Gasteiger partial charge in [-0.3, -0.25) is 4.79 Å². The van der Waals surface area contributed by atoms with Gasteiger partial charge >= 0.3 is 5.97 Å². The number of thioether (sulfide) groups is 1. The molecule has 0 heterocycles. The quantitative estimate of drug-likeness (QED) is 0.708. The highest BCUT2D eigenvalue weighted by Gasteiger charge is 2.32. The van der Waals surface area contributed by atoms with Crippen LogP contribution >= 0.6 is 11.8 Å². The second kappa shape index (κ2) is 6.38. The lowest BCUT2D eigenvalue weighted by atomic mass is 9.96. The Morgan fingerprint density at radius 1 is 1.47 bits per heavy atom. The van der Waals surface area contributed by atoms with Crippen molar-refractivity contribution in [3.05, 3.63) is 0 Å². The van der Waals surface area contributed by atoms with E-state index in [0.717, 1.165) is 5.75 Å². The van der Waals surface area contributed by atoms with Gasteiger partial charge in [0, 0.05) is 5.25 Å². The highest BCUT2D eigenvalue weighted by Crippen LogP contribution is 2.23. The smallest absolute Gasteiger partial charge is 0.323 e. The zero-order chi connectivity index (χ0) is 12.1. The van der Waals surface area contributed by atoms with Crippen molar-refractivity contribution >= 4 is 17.7 Å². The molecule has 2 unspecified atom stereocenters. The predicted octanol–water partition coefficient (Wildman–Crippen LogP) is 2.22. The van der Waals surface area contributed by atoms with Crippen molar-refractivity contribution in [3.8, 4) is 0 Å². The molecule has 0 spiro atoms. The molecule has 0 aliphatic rings. The van der Waals surface area contributed by atoms with Gasteiger partial charge in [-0.1, -0.05) is 20.8 Å². The van der Waals surface area contributed by atoms with Gasteiger partial charge in [0.2, 0.25) is 0 Å². The van der Waals surface area contributed by atoms with Gasteiger partial charge in [0.25, 0.3) is 0 Å². The van der Waals surface area contributed by atoms with Gasteiger partial charge in [-0.25, -0.2) is 0 Å². The summed E-state index contributed by atoms with van der Waals surface area (Å²) in [6.07, 6.45) is 0.649. The number of likely N-dealkylation sites (N-methyl/N-ethyl adjacent to an activating group) is 1. The molecular formula is C11H23NO2S. The van der Waals surface area contributed by atoms with E-state index in [4.69, 9.17) is 5.11 Å².